The molecule has 7 heteroatoms. The summed E-state index contributed by atoms with van der Waals surface area (Å²) in [4.78, 5) is 35.4. The number of rotatable bonds is 7. The van der Waals surface area contributed by atoms with Gasteiger partial charge < -0.3 is 19.8 Å². The smallest absolute Gasteiger partial charge is 0.336 e. The highest BCUT2D eigenvalue weighted by atomic mass is 16.5. The molecule has 1 aromatic heterocycles. The molecule has 0 aliphatic carbocycles. The Morgan fingerprint density at radius 1 is 1.07 bits per heavy atom. The monoisotopic (exact) mass is 394 g/mol. The summed E-state index contributed by atoms with van der Waals surface area (Å²) in [6.45, 7) is 1.84. The van der Waals surface area contributed by atoms with E-state index in [4.69, 9.17) is 9.15 Å². The van der Waals surface area contributed by atoms with Crippen molar-refractivity contribution >= 4 is 28.5 Å². The summed E-state index contributed by atoms with van der Waals surface area (Å²) >= 11 is 0. The Labute approximate surface area is 167 Å². The summed E-state index contributed by atoms with van der Waals surface area (Å²) in [5, 5.41) is 6.09. The van der Waals surface area contributed by atoms with Crippen LogP contribution in [0, 0.1) is 0 Å². The van der Waals surface area contributed by atoms with Crippen LogP contribution >= 0.6 is 0 Å². The minimum atomic E-state index is -0.406. The Balaban J connectivity index is 1.64. The van der Waals surface area contributed by atoms with Crippen molar-refractivity contribution in [2.45, 2.75) is 19.8 Å². The molecule has 0 radical (unpaired) electrons. The molecular formula is C22H22N2O5. The van der Waals surface area contributed by atoms with Crippen LogP contribution in [0.1, 0.15) is 29.3 Å². The first-order valence-corrected chi connectivity index (χ1v) is 9.31. The van der Waals surface area contributed by atoms with E-state index in [2.05, 4.69) is 10.6 Å². The minimum absolute atomic E-state index is 0.198. The van der Waals surface area contributed by atoms with Crippen LogP contribution in [0.3, 0.4) is 0 Å². The van der Waals surface area contributed by atoms with Crippen LogP contribution in [0.5, 0.6) is 5.75 Å². The van der Waals surface area contributed by atoms with E-state index in [1.165, 1.54) is 6.07 Å². The number of anilines is 1. The van der Waals surface area contributed by atoms with E-state index in [0.717, 1.165) is 23.8 Å². The Morgan fingerprint density at radius 3 is 2.52 bits per heavy atom. The Hall–Kier alpha value is -3.61. The third kappa shape index (κ3) is 5.01. The predicted octanol–water partition coefficient (Wildman–Crippen LogP) is 3.12. The maximum absolute atomic E-state index is 12.1. The van der Waals surface area contributed by atoms with Gasteiger partial charge in [-0.3, -0.25) is 9.59 Å². The lowest BCUT2D eigenvalue weighted by Gasteiger charge is -2.09. The van der Waals surface area contributed by atoms with Crippen LogP contribution in [0.15, 0.2) is 57.7 Å². The van der Waals surface area contributed by atoms with Gasteiger partial charge in [0.05, 0.1) is 0 Å². The number of amides is 2. The zero-order chi connectivity index (χ0) is 20.8. The Morgan fingerprint density at radius 2 is 1.83 bits per heavy atom. The molecule has 0 spiro atoms. The van der Waals surface area contributed by atoms with Gasteiger partial charge in [-0.05, 0) is 48.4 Å². The van der Waals surface area contributed by atoms with E-state index < -0.39 is 5.63 Å². The molecular weight excluding hydrogens is 372 g/mol. The number of hydrogen-bond acceptors (Lipinski definition) is 5. The number of aryl methyl sites for hydroxylation is 1. The van der Waals surface area contributed by atoms with Gasteiger partial charge in [0.2, 0.25) is 0 Å². The quantitative estimate of drug-likeness (QED) is 0.600. The first-order chi connectivity index (χ1) is 14.0. The van der Waals surface area contributed by atoms with Crippen LogP contribution in [-0.2, 0) is 11.2 Å². The van der Waals surface area contributed by atoms with Crippen LogP contribution in [0.2, 0.25) is 0 Å². The summed E-state index contributed by atoms with van der Waals surface area (Å²) in [7, 11) is 1.55. The summed E-state index contributed by atoms with van der Waals surface area (Å²) in [5.41, 5.74) is 2.02. The van der Waals surface area contributed by atoms with E-state index in [1.54, 1.807) is 43.4 Å². The predicted molar refractivity (Wildman–Crippen MR) is 110 cm³/mol. The van der Waals surface area contributed by atoms with Gasteiger partial charge in [-0.15, -0.1) is 0 Å². The lowest BCUT2D eigenvalue weighted by atomic mass is 10.1. The highest BCUT2D eigenvalue weighted by Gasteiger charge is 2.09. The van der Waals surface area contributed by atoms with E-state index in [1.807, 2.05) is 13.0 Å². The standard InChI is InChI=1S/C22H22N2O5/c1-3-4-15-11-21(26)29-19-12-17(9-10-18(15)19)28-13-20(25)24-16-7-5-14(6-8-16)22(27)23-2/h5-12H,3-4,13H2,1-2H3,(H,23,27)(H,24,25). The fourth-order valence-electron chi connectivity index (χ4n) is 2.97. The number of ether oxygens (including phenoxy) is 1. The normalized spacial score (nSPS) is 10.6. The summed E-state index contributed by atoms with van der Waals surface area (Å²) < 4.78 is 10.8. The zero-order valence-corrected chi connectivity index (χ0v) is 16.3. The fraction of sp³-hybridized carbons (Fsp3) is 0.227. The summed E-state index contributed by atoms with van der Waals surface area (Å²) in [6, 6.07) is 13.2. The molecule has 150 valence electrons. The second kappa shape index (κ2) is 9.05. The number of carbonyl (C=O) groups is 2. The molecule has 1 heterocycles. The van der Waals surface area contributed by atoms with E-state index in [-0.39, 0.29) is 18.4 Å². The second-order valence-corrected chi connectivity index (χ2v) is 6.49. The second-order valence-electron chi connectivity index (χ2n) is 6.49. The lowest BCUT2D eigenvalue weighted by Crippen LogP contribution is -2.20. The molecule has 0 saturated heterocycles. The molecule has 0 saturated carbocycles. The highest BCUT2D eigenvalue weighted by molar-refractivity contribution is 5.96. The van der Waals surface area contributed by atoms with Crippen molar-refractivity contribution in [2.24, 2.45) is 0 Å². The van der Waals surface area contributed by atoms with Crippen molar-refractivity contribution in [3.63, 3.8) is 0 Å². The number of nitrogens with one attached hydrogen (secondary N) is 2. The number of fused-ring (bicyclic) bond motifs is 1. The fourth-order valence-corrected chi connectivity index (χ4v) is 2.97. The molecule has 0 aliphatic heterocycles. The van der Waals surface area contributed by atoms with Crippen molar-refractivity contribution in [3.05, 3.63) is 70.1 Å². The van der Waals surface area contributed by atoms with Gasteiger partial charge in [0.1, 0.15) is 11.3 Å². The molecule has 0 aliphatic rings. The Bertz CT molecular complexity index is 1090. The van der Waals surface area contributed by atoms with Crippen LogP contribution in [-0.4, -0.2) is 25.5 Å². The van der Waals surface area contributed by atoms with Crippen LogP contribution in [0.25, 0.3) is 11.0 Å². The zero-order valence-electron chi connectivity index (χ0n) is 16.3. The number of hydrogen-bond donors (Lipinski definition) is 2. The lowest BCUT2D eigenvalue weighted by molar-refractivity contribution is -0.118. The van der Waals surface area contributed by atoms with Gasteiger partial charge in [-0.1, -0.05) is 13.3 Å². The first kappa shape index (κ1) is 20.1. The van der Waals surface area contributed by atoms with Crippen molar-refractivity contribution in [3.8, 4) is 5.75 Å². The van der Waals surface area contributed by atoms with Gasteiger partial charge in [0, 0.05) is 35.8 Å². The number of benzene rings is 2. The molecule has 2 N–H and O–H groups in total. The van der Waals surface area contributed by atoms with Crippen molar-refractivity contribution in [1.82, 2.24) is 5.32 Å². The van der Waals surface area contributed by atoms with Crippen molar-refractivity contribution in [2.75, 3.05) is 19.0 Å². The molecule has 2 aromatic carbocycles. The van der Waals surface area contributed by atoms with E-state index >= 15 is 0 Å². The molecule has 0 fully saturated rings. The average Bonchev–Trinajstić information content (AvgIpc) is 2.72. The van der Waals surface area contributed by atoms with Crippen LogP contribution < -0.4 is 21.0 Å². The molecule has 3 rings (SSSR count). The maximum Gasteiger partial charge on any atom is 0.336 e. The maximum atomic E-state index is 12.1. The van der Waals surface area contributed by atoms with Crippen molar-refractivity contribution < 1.29 is 18.7 Å². The largest absolute Gasteiger partial charge is 0.484 e. The highest BCUT2D eigenvalue weighted by Crippen LogP contribution is 2.23. The van der Waals surface area contributed by atoms with E-state index in [9.17, 15) is 14.4 Å². The molecule has 0 atom stereocenters. The SMILES string of the molecule is CCCc1cc(=O)oc2cc(OCC(=O)Nc3ccc(C(=O)NC)cc3)ccc12. The van der Waals surface area contributed by atoms with Gasteiger partial charge in [0.25, 0.3) is 11.8 Å². The molecule has 3 aromatic rings. The molecule has 0 bridgehead atoms. The minimum Gasteiger partial charge on any atom is -0.484 e. The third-order valence-electron chi connectivity index (χ3n) is 4.35. The van der Waals surface area contributed by atoms with E-state index in [0.29, 0.717) is 22.6 Å². The molecule has 2 amide bonds. The molecule has 7 nitrogen and oxygen atoms in total. The Kier molecular flexibility index (Phi) is 6.29. The number of carbonyl (C=O) groups excluding carboxylic acids is 2. The summed E-state index contributed by atoms with van der Waals surface area (Å²) in [6.07, 6.45) is 1.70. The van der Waals surface area contributed by atoms with Gasteiger partial charge >= 0.3 is 5.63 Å². The summed E-state index contributed by atoms with van der Waals surface area (Å²) in [5.74, 6) is -0.116. The van der Waals surface area contributed by atoms with Gasteiger partial charge in [0.15, 0.2) is 6.61 Å². The van der Waals surface area contributed by atoms with Crippen LogP contribution in [0.4, 0.5) is 5.69 Å². The van der Waals surface area contributed by atoms with Gasteiger partial charge in [-0.2, -0.15) is 0 Å². The first-order valence-electron chi connectivity index (χ1n) is 9.31. The van der Waals surface area contributed by atoms with Crippen molar-refractivity contribution in [1.29, 1.82) is 0 Å². The topological polar surface area (TPSA) is 97.6 Å². The average molecular weight is 394 g/mol. The van der Waals surface area contributed by atoms with Gasteiger partial charge in [-0.25, -0.2) is 4.79 Å². The third-order valence-corrected chi connectivity index (χ3v) is 4.35. The molecule has 0 unspecified atom stereocenters. The molecule has 29 heavy (non-hydrogen) atoms.